The summed E-state index contributed by atoms with van der Waals surface area (Å²) in [5.41, 5.74) is 0. The molecular weight excluding hydrogens is 218 g/mol. The van der Waals surface area contributed by atoms with Crippen molar-refractivity contribution in [3.05, 3.63) is 23.7 Å². The van der Waals surface area contributed by atoms with Gasteiger partial charge in [0.05, 0.1) is 12.6 Å². The van der Waals surface area contributed by atoms with E-state index in [1.807, 2.05) is 6.92 Å². The van der Waals surface area contributed by atoms with Crippen LogP contribution in [0.2, 0.25) is 0 Å². The van der Waals surface area contributed by atoms with Gasteiger partial charge in [0.25, 0.3) is 5.91 Å². The van der Waals surface area contributed by atoms with Crippen LogP contribution in [0.1, 0.15) is 42.0 Å². The van der Waals surface area contributed by atoms with Gasteiger partial charge in [0.2, 0.25) is 0 Å². The van der Waals surface area contributed by atoms with E-state index in [2.05, 4.69) is 0 Å². The number of hydrogen-bond donors (Lipinski definition) is 1. The zero-order chi connectivity index (χ0) is 12.3. The van der Waals surface area contributed by atoms with Crippen molar-refractivity contribution in [1.82, 2.24) is 4.90 Å². The molecular formula is C13H19NO3. The summed E-state index contributed by atoms with van der Waals surface area (Å²) >= 11 is 0. The third-order valence-corrected chi connectivity index (χ3v) is 3.30. The molecule has 1 amide bonds. The van der Waals surface area contributed by atoms with E-state index < -0.39 is 0 Å². The topological polar surface area (TPSA) is 53.7 Å². The van der Waals surface area contributed by atoms with Crippen LogP contribution in [-0.2, 0) is 0 Å². The van der Waals surface area contributed by atoms with Crippen LogP contribution in [0.15, 0.2) is 16.5 Å². The van der Waals surface area contributed by atoms with E-state index in [9.17, 15) is 9.90 Å². The van der Waals surface area contributed by atoms with E-state index in [4.69, 9.17) is 4.42 Å². The number of aliphatic hydroxyl groups excluding tert-OH is 1. The normalized spacial score (nSPS) is 21.3. The Balaban J connectivity index is 2.15. The molecule has 0 saturated carbocycles. The van der Waals surface area contributed by atoms with Crippen LogP contribution >= 0.6 is 0 Å². The molecule has 4 heteroatoms. The minimum absolute atomic E-state index is 0.0332. The van der Waals surface area contributed by atoms with E-state index >= 15 is 0 Å². The fraction of sp³-hybridized carbons (Fsp3) is 0.615. The lowest BCUT2D eigenvalue weighted by Gasteiger charge is -2.27. The molecule has 1 aromatic rings. The number of aryl methyl sites for hydroxylation is 1. The molecule has 1 fully saturated rings. The Kier molecular flexibility index (Phi) is 3.84. The number of furan rings is 1. The second kappa shape index (κ2) is 5.36. The molecule has 2 rings (SSSR count). The summed E-state index contributed by atoms with van der Waals surface area (Å²) in [6.07, 6.45) is 4.08. The number of hydrogen-bond acceptors (Lipinski definition) is 3. The van der Waals surface area contributed by atoms with Crippen molar-refractivity contribution in [3.63, 3.8) is 0 Å². The molecule has 0 aliphatic carbocycles. The summed E-state index contributed by atoms with van der Waals surface area (Å²) in [5.74, 6) is 1.02. The fourth-order valence-electron chi connectivity index (χ4n) is 2.33. The van der Waals surface area contributed by atoms with Crippen molar-refractivity contribution in [3.8, 4) is 0 Å². The number of carbonyl (C=O) groups is 1. The number of nitrogens with zero attached hydrogens (tertiary/aromatic N) is 1. The van der Waals surface area contributed by atoms with Crippen molar-refractivity contribution in [2.45, 2.75) is 38.6 Å². The SMILES string of the molecule is Cc1ccc(C(=O)N2CCCCCC2CO)o1. The molecule has 2 heterocycles. The predicted molar refractivity (Wildman–Crippen MR) is 63.8 cm³/mol. The van der Waals surface area contributed by atoms with Gasteiger partial charge in [0.15, 0.2) is 5.76 Å². The van der Waals surface area contributed by atoms with E-state index in [0.29, 0.717) is 12.3 Å². The quantitative estimate of drug-likeness (QED) is 0.855. The highest BCUT2D eigenvalue weighted by atomic mass is 16.3. The lowest BCUT2D eigenvalue weighted by atomic mass is 10.1. The molecule has 1 N–H and O–H groups in total. The van der Waals surface area contributed by atoms with E-state index in [-0.39, 0.29) is 18.6 Å². The van der Waals surface area contributed by atoms with Crippen LogP contribution in [0.4, 0.5) is 0 Å². The Bertz CT molecular complexity index is 386. The van der Waals surface area contributed by atoms with Gasteiger partial charge in [0.1, 0.15) is 5.76 Å². The smallest absolute Gasteiger partial charge is 0.289 e. The average molecular weight is 237 g/mol. The van der Waals surface area contributed by atoms with Crippen LogP contribution < -0.4 is 0 Å². The lowest BCUT2D eigenvalue weighted by Crippen LogP contribution is -2.41. The Morgan fingerprint density at radius 1 is 1.47 bits per heavy atom. The first-order valence-electron chi connectivity index (χ1n) is 6.20. The van der Waals surface area contributed by atoms with E-state index in [1.54, 1.807) is 17.0 Å². The Hall–Kier alpha value is -1.29. The van der Waals surface area contributed by atoms with Crippen molar-refractivity contribution in [2.75, 3.05) is 13.2 Å². The average Bonchev–Trinajstić information content (AvgIpc) is 2.64. The standard InChI is InChI=1S/C13H19NO3/c1-10-6-7-12(17-10)13(16)14-8-4-2-3-5-11(14)9-15/h6-7,11,15H,2-5,8-9H2,1H3. The van der Waals surface area contributed by atoms with Gasteiger partial charge in [-0.1, -0.05) is 12.8 Å². The molecule has 1 saturated heterocycles. The van der Waals surface area contributed by atoms with Crippen LogP contribution in [0.25, 0.3) is 0 Å². The monoisotopic (exact) mass is 237 g/mol. The highest BCUT2D eigenvalue weighted by Gasteiger charge is 2.27. The van der Waals surface area contributed by atoms with E-state index in [1.165, 1.54) is 0 Å². The van der Waals surface area contributed by atoms with Crippen LogP contribution in [-0.4, -0.2) is 35.1 Å². The first-order valence-corrected chi connectivity index (χ1v) is 6.20. The van der Waals surface area contributed by atoms with Gasteiger partial charge in [-0.15, -0.1) is 0 Å². The van der Waals surface area contributed by atoms with Crippen molar-refractivity contribution >= 4 is 5.91 Å². The first-order chi connectivity index (χ1) is 8.22. The summed E-state index contributed by atoms with van der Waals surface area (Å²) in [6, 6.07) is 3.44. The molecule has 4 nitrogen and oxygen atoms in total. The zero-order valence-electron chi connectivity index (χ0n) is 10.2. The highest BCUT2D eigenvalue weighted by Crippen LogP contribution is 2.20. The molecule has 0 aromatic carbocycles. The van der Waals surface area contributed by atoms with Gasteiger partial charge in [0, 0.05) is 6.54 Å². The highest BCUT2D eigenvalue weighted by molar-refractivity contribution is 5.91. The first kappa shape index (κ1) is 12.2. The van der Waals surface area contributed by atoms with E-state index in [0.717, 1.165) is 31.4 Å². The molecule has 1 atom stereocenters. The molecule has 94 valence electrons. The molecule has 1 aliphatic heterocycles. The maximum absolute atomic E-state index is 12.3. The number of rotatable bonds is 2. The van der Waals surface area contributed by atoms with Crippen molar-refractivity contribution in [2.24, 2.45) is 0 Å². The number of aliphatic hydroxyl groups is 1. The van der Waals surface area contributed by atoms with Crippen molar-refractivity contribution in [1.29, 1.82) is 0 Å². The van der Waals surface area contributed by atoms with Crippen molar-refractivity contribution < 1.29 is 14.3 Å². The largest absolute Gasteiger partial charge is 0.456 e. The Labute approximate surface area is 101 Å². The minimum Gasteiger partial charge on any atom is -0.456 e. The van der Waals surface area contributed by atoms with Gasteiger partial charge in [-0.25, -0.2) is 0 Å². The maximum Gasteiger partial charge on any atom is 0.289 e. The van der Waals surface area contributed by atoms with Crippen LogP contribution in [0.5, 0.6) is 0 Å². The molecule has 0 radical (unpaired) electrons. The summed E-state index contributed by atoms with van der Waals surface area (Å²) in [5, 5.41) is 9.36. The second-order valence-electron chi connectivity index (χ2n) is 4.59. The molecule has 1 unspecified atom stereocenters. The molecule has 1 aliphatic rings. The number of likely N-dealkylation sites (tertiary alicyclic amines) is 1. The van der Waals surface area contributed by atoms with Gasteiger partial charge in [-0.05, 0) is 31.9 Å². The fourth-order valence-corrected chi connectivity index (χ4v) is 2.33. The maximum atomic E-state index is 12.3. The Morgan fingerprint density at radius 2 is 2.29 bits per heavy atom. The molecule has 1 aromatic heterocycles. The molecule has 0 spiro atoms. The van der Waals surface area contributed by atoms with Gasteiger partial charge < -0.3 is 14.4 Å². The summed E-state index contributed by atoms with van der Waals surface area (Å²) < 4.78 is 5.36. The molecule has 0 bridgehead atoms. The molecule has 17 heavy (non-hydrogen) atoms. The third kappa shape index (κ3) is 2.69. The minimum atomic E-state index is -0.0981. The number of carbonyl (C=O) groups excluding carboxylic acids is 1. The summed E-state index contributed by atoms with van der Waals surface area (Å²) in [6.45, 7) is 2.57. The second-order valence-corrected chi connectivity index (χ2v) is 4.59. The van der Waals surface area contributed by atoms with Crippen LogP contribution in [0.3, 0.4) is 0 Å². The van der Waals surface area contributed by atoms with Gasteiger partial charge >= 0.3 is 0 Å². The number of amides is 1. The Morgan fingerprint density at radius 3 is 2.94 bits per heavy atom. The zero-order valence-corrected chi connectivity index (χ0v) is 10.2. The summed E-state index contributed by atoms with van der Waals surface area (Å²) in [7, 11) is 0. The third-order valence-electron chi connectivity index (χ3n) is 3.30. The lowest BCUT2D eigenvalue weighted by molar-refractivity contribution is 0.0567. The van der Waals surface area contributed by atoms with Gasteiger partial charge in [-0.2, -0.15) is 0 Å². The predicted octanol–water partition coefficient (Wildman–Crippen LogP) is 1.97. The van der Waals surface area contributed by atoms with Crippen LogP contribution in [0, 0.1) is 6.92 Å². The summed E-state index contributed by atoms with van der Waals surface area (Å²) in [4.78, 5) is 14.0. The van der Waals surface area contributed by atoms with Gasteiger partial charge in [-0.3, -0.25) is 4.79 Å².